The normalized spacial score (nSPS) is 20.8. The minimum absolute atomic E-state index is 0.0299. The highest BCUT2D eigenvalue weighted by Crippen LogP contribution is 2.37. The smallest absolute Gasteiger partial charge is 0.338 e. The molecule has 34 heavy (non-hydrogen) atoms. The predicted octanol–water partition coefficient (Wildman–Crippen LogP) is 4.25. The van der Waals surface area contributed by atoms with Crippen molar-refractivity contribution in [2.24, 2.45) is 0 Å². The van der Waals surface area contributed by atoms with Crippen LogP contribution in [0.15, 0.2) is 84.4 Å². The van der Waals surface area contributed by atoms with Crippen molar-refractivity contribution in [2.45, 2.75) is 37.8 Å². The highest BCUT2D eigenvalue weighted by atomic mass is 32.1. The van der Waals surface area contributed by atoms with Crippen molar-refractivity contribution in [1.82, 2.24) is 19.9 Å². The largest absolute Gasteiger partial charge is 0.455 e. The van der Waals surface area contributed by atoms with Gasteiger partial charge in [-0.05, 0) is 35.6 Å². The van der Waals surface area contributed by atoms with E-state index in [0.717, 1.165) is 6.54 Å². The van der Waals surface area contributed by atoms with E-state index in [2.05, 4.69) is 44.9 Å². The van der Waals surface area contributed by atoms with Crippen molar-refractivity contribution in [3.05, 3.63) is 106 Å². The van der Waals surface area contributed by atoms with E-state index in [4.69, 9.17) is 4.74 Å². The van der Waals surface area contributed by atoms with Gasteiger partial charge in [0.1, 0.15) is 12.3 Å². The Balaban J connectivity index is 1.30. The van der Waals surface area contributed by atoms with Gasteiger partial charge in [-0.1, -0.05) is 59.8 Å². The first-order valence-corrected chi connectivity index (χ1v) is 12.2. The van der Waals surface area contributed by atoms with Crippen molar-refractivity contribution in [3.63, 3.8) is 0 Å². The fraction of sp³-hybridized carbons (Fsp3) is 0.269. The maximum absolute atomic E-state index is 12.2. The SMILES string of the molecule is O=C(OCc1cn([C@H]2CN(Cc3cccs3)[C@@H](c3ccccc3)C[C@@H]2O)nn1)c1ccccc1. The number of hydrogen-bond acceptors (Lipinski definition) is 7. The minimum Gasteiger partial charge on any atom is -0.455 e. The molecule has 0 bridgehead atoms. The number of likely N-dealkylation sites (tertiary alicyclic amines) is 1. The zero-order chi connectivity index (χ0) is 23.3. The number of aliphatic hydroxyl groups excluding tert-OH is 1. The van der Waals surface area contributed by atoms with Gasteiger partial charge in [-0.15, -0.1) is 16.4 Å². The van der Waals surface area contributed by atoms with Gasteiger partial charge in [-0.25, -0.2) is 9.48 Å². The van der Waals surface area contributed by atoms with E-state index in [0.29, 0.717) is 24.2 Å². The molecule has 1 aliphatic rings. The maximum atomic E-state index is 12.2. The van der Waals surface area contributed by atoms with Gasteiger partial charge in [0.15, 0.2) is 0 Å². The summed E-state index contributed by atoms with van der Waals surface area (Å²) in [5, 5.41) is 21.6. The Labute approximate surface area is 202 Å². The highest BCUT2D eigenvalue weighted by molar-refractivity contribution is 7.09. The molecule has 3 atom stereocenters. The second-order valence-corrected chi connectivity index (χ2v) is 9.47. The van der Waals surface area contributed by atoms with Gasteiger partial charge in [0.25, 0.3) is 0 Å². The number of aliphatic hydroxyl groups is 1. The van der Waals surface area contributed by atoms with E-state index in [9.17, 15) is 9.90 Å². The molecule has 0 radical (unpaired) electrons. The molecule has 4 aromatic rings. The van der Waals surface area contributed by atoms with Gasteiger partial charge >= 0.3 is 5.97 Å². The Morgan fingerprint density at radius 1 is 1.06 bits per heavy atom. The number of benzene rings is 2. The molecule has 3 heterocycles. The molecule has 0 saturated carbocycles. The summed E-state index contributed by atoms with van der Waals surface area (Å²) in [6.45, 7) is 1.46. The molecule has 1 N–H and O–H groups in total. The second-order valence-electron chi connectivity index (χ2n) is 8.44. The van der Waals surface area contributed by atoms with Crippen LogP contribution in [-0.4, -0.2) is 43.6 Å². The number of esters is 1. The summed E-state index contributed by atoms with van der Waals surface area (Å²) in [6.07, 6.45) is 1.78. The predicted molar refractivity (Wildman–Crippen MR) is 129 cm³/mol. The van der Waals surface area contributed by atoms with Gasteiger partial charge in [0.2, 0.25) is 0 Å². The van der Waals surface area contributed by atoms with Crippen LogP contribution < -0.4 is 0 Å². The molecule has 0 unspecified atom stereocenters. The number of carbonyl (C=O) groups excluding carboxylic acids is 1. The third-order valence-corrected chi connectivity index (χ3v) is 7.01. The lowest BCUT2D eigenvalue weighted by atomic mass is 9.90. The van der Waals surface area contributed by atoms with Crippen LogP contribution in [0.3, 0.4) is 0 Å². The van der Waals surface area contributed by atoms with Crippen LogP contribution in [0.4, 0.5) is 0 Å². The third kappa shape index (κ3) is 5.09. The number of hydrogen-bond donors (Lipinski definition) is 1. The fourth-order valence-electron chi connectivity index (χ4n) is 4.42. The Kier molecular flexibility index (Phi) is 6.80. The van der Waals surface area contributed by atoms with Crippen molar-refractivity contribution < 1.29 is 14.6 Å². The monoisotopic (exact) mass is 474 g/mol. The molecule has 0 aliphatic carbocycles. The van der Waals surface area contributed by atoms with Gasteiger partial charge in [0, 0.05) is 24.0 Å². The first-order chi connectivity index (χ1) is 16.7. The summed E-state index contributed by atoms with van der Waals surface area (Å²) in [7, 11) is 0. The van der Waals surface area contributed by atoms with Gasteiger partial charge in [0.05, 0.1) is 23.9 Å². The summed E-state index contributed by atoms with van der Waals surface area (Å²) in [4.78, 5) is 15.9. The number of carbonyl (C=O) groups is 1. The van der Waals surface area contributed by atoms with Crippen LogP contribution in [0.25, 0.3) is 0 Å². The number of ether oxygens (including phenoxy) is 1. The molecular formula is C26H26N4O3S. The van der Waals surface area contributed by atoms with Gasteiger partial charge in [-0.2, -0.15) is 0 Å². The second kappa shape index (κ2) is 10.3. The average Bonchev–Trinajstić information content (AvgIpc) is 3.57. The first kappa shape index (κ1) is 22.5. The van der Waals surface area contributed by atoms with Crippen molar-refractivity contribution in [1.29, 1.82) is 0 Å². The van der Waals surface area contributed by atoms with Gasteiger partial charge < -0.3 is 9.84 Å². The van der Waals surface area contributed by atoms with E-state index in [1.165, 1.54) is 10.4 Å². The lowest BCUT2D eigenvalue weighted by Gasteiger charge is -2.42. The highest BCUT2D eigenvalue weighted by Gasteiger charge is 2.37. The molecule has 8 heteroatoms. The minimum atomic E-state index is -0.578. The van der Waals surface area contributed by atoms with Crippen LogP contribution in [0.2, 0.25) is 0 Å². The van der Waals surface area contributed by atoms with Crippen molar-refractivity contribution in [3.8, 4) is 0 Å². The molecule has 0 amide bonds. The number of piperidine rings is 1. The molecule has 0 spiro atoms. The molecule has 1 fully saturated rings. The Morgan fingerprint density at radius 2 is 1.82 bits per heavy atom. The van der Waals surface area contributed by atoms with E-state index >= 15 is 0 Å². The number of nitrogens with zero attached hydrogens (tertiary/aromatic N) is 4. The summed E-state index contributed by atoms with van der Waals surface area (Å²) in [5.41, 5.74) is 2.24. The van der Waals surface area contributed by atoms with E-state index in [1.54, 1.807) is 46.5 Å². The number of rotatable bonds is 7. The average molecular weight is 475 g/mol. The standard InChI is InChI=1S/C26H26N4O3S/c31-25-14-23(19-8-3-1-4-9-19)29(16-22-12-7-13-34-22)17-24(25)30-15-21(27-28-30)18-33-26(32)20-10-5-2-6-11-20/h1-13,15,23-25,31H,14,16-18H2/t23-,24+,25+/m1/s1. The number of aromatic nitrogens is 3. The first-order valence-electron chi connectivity index (χ1n) is 11.3. The van der Waals surface area contributed by atoms with Crippen LogP contribution in [0.5, 0.6) is 0 Å². The molecule has 5 rings (SSSR count). The fourth-order valence-corrected chi connectivity index (χ4v) is 5.15. The van der Waals surface area contributed by atoms with Crippen LogP contribution in [-0.2, 0) is 17.9 Å². The Hall–Kier alpha value is -3.33. The zero-order valence-corrected chi connectivity index (χ0v) is 19.4. The van der Waals surface area contributed by atoms with E-state index in [1.807, 2.05) is 24.3 Å². The van der Waals surface area contributed by atoms with Crippen LogP contribution >= 0.6 is 11.3 Å². The maximum Gasteiger partial charge on any atom is 0.338 e. The van der Waals surface area contributed by atoms with Gasteiger partial charge in [-0.3, -0.25) is 4.90 Å². The van der Waals surface area contributed by atoms with E-state index in [-0.39, 0.29) is 18.7 Å². The molecular weight excluding hydrogens is 448 g/mol. The van der Waals surface area contributed by atoms with Crippen molar-refractivity contribution in [2.75, 3.05) is 6.54 Å². The third-order valence-electron chi connectivity index (χ3n) is 6.15. The molecule has 174 valence electrons. The van der Waals surface area contributed by atoms with Crippen LogP contribution in [0, 0.1) is 0 Å². The summed E-state index contributed by atoms with van der Waals surface area (Å²) in [5.74, 6) is -0.402. The molecule has 2 aromatic carbocycles. The topological polar surface area (TPSA) is 80.5 Å². The lowest BCUT2D eigenvalue weighted by molar-refractivity contribution is -0.0105. The van der Waals surface area contributed by atoms with E-state index < -0.39 is 12.1 Å². The molecule has 2 aromatic heterocycles. The van der Waals surface area contributed by atoms with Crippen molar-refractivity contribution >= 4 is 17.3 Å². The lowest BCUT2D eigenvalue weighted by Crippen LogP contribution is -2.45. The Bertz CT molecular complexity index is 1200. The summed E-state index contributed by atoms with van der Waals surface area (Å²) >= 11 is 1.74. The van der Waals surface area contributed by atoms with Crippen LogP contribution in [0.1, 0.15) is 45.0 Å². The summed E-state index contributed by atoms with van der Waals surface area (Å²) < 4.78 is 7.09. The molecule has 1 saturated heterocycles. The number of thiophene rings is 1. The molecule has 1 aliphatic heterocycles. The Morgan fingerprint density at radius 3 is 2.56 bits per heavy atom. The quantitative estimate of drug-likeness (QED) is 0.404. The zero-order valence-electron chi connectivity index (χ0n) is 18.6. The molecule has 7 nitrogen and oxygen atoms in total. The summed E-state index contributed by atoms with van der Waals surface area (Å²) in [6, 6.07) is 23.3.